The van der Waals surface area contributed by atoms with Crippen LogP contribution in [-0.2, 0) is 0 Å². The van der Waals surface area contributed by atoms with Crippen LogP contribution in [0.15, 0.2) is 53.8 Å². The first-order valence-electron chi connectivity index (χ1n) is 5.72. The largest absolute Gasteiger partial charge is 0.508 e. The van der Waals surface area contributed by atoms with E-state index < -0.39 is 0 Å². The second kappa shape index (κ2) is 5.77. The molecule has 0 radical (unpaired) electrons. The van der Waals surface area contributed by atoms with Crippen molar-refractivity contribution in [2.45, 2.75) is 6.92 Å². The fourth-order valence-electron chi connectivity index (χ4n) is 1.48. The highest BCUT2D eigenvalue weighted by molar-refractivity contribution is 5.99. The molecule has 0 aliphatic rings. The van der Waals surface area contributed by atoms with Gasteiger partial charge in [-0.05, 0) is 37.3 Å². The van der Waals surface area contributed by atoms with E-state index in [1.165, 1.54) is 12.1 Å². The van der Waals surface area contributed by atoms with Gasteiger partial charge in [0.1, 0.15) is 5.75 Å². The Labute approximate surface area is 110 Å². The van der Waals surface area contributed by atoms with Crippen LogP contribution < -0.4 is 5.43 Å². The molecule has 0 aliphatic carbocycles. The number of hydrazone groups is 1. The summed E-state index contributed by atoms with van der Waals surface area (Å²) in [4.78, 5) is 15.9. The van der Waals surface area contributed by atoms with Crippen LogP contribution in [0.25, 0.3) is 0 Å². The number of rotatable bonds is 3. The van der Waals surface area contributed by atoms with E-state index in [0.29, 0.717) is 17.0 Å². The van der Waals surface area contributed by atoms with Crippen molar-refractivity contribution in [1.29, 1.82) is 0 Å². The lowest BCUT2D eigenvalue weighted by Gasteiger charge is -2.02. The molecule has 2 N–H and O–H groups in total. The van der Waals surface area contributed by atoms with Gasteiger partial charge < -0.3 is 5.11 Å². The highest BCUT2D eigenvalue weighted by atomic mass is 16.3. The van der Waals surface area contributed by atoms with Crippen molar-refractivity contribution in [2.24, 2.45) is 5.10 Å². The summed E-state index contributed by atoms with van der Waals surface area (Å²) < 4.78 is 0. The number of hydrogen-bond acceptors (Lipinski definition) is 4. The zero-order valence-electron chi connectivity index (χ0n) is 10.4. The molecule has 1 aromatic heterocycles. The minimum Gasteiger partial charge on any atom is -0.508 e. The Bertz CT molecular complexity index is 609. The molecule has 0 spiro atoms. The van der Waals surface area contributed by atoms with E-state index in [1.54, 1.807) is 31.3 Å². The lowest BCUT2D eigenvalue weighted by molar-refractivity contribution is 0.0954. The van der Waals surface area contributed by atoms with Gasteiger partial charge in [0.2, 0.25) is 0 Å². The Morgan fingerprint density at radius 2 is 2.11 bits per heavy atom. The number of amides is 1. The van der Waals surface area contributed by atoms with Crippen molar-refractivity contribution < 1.29 is 9.90 Å². The van der Waals surface area contributed by atoms with Gasteiger partial charge in [-0.25, -0.2) is 5.43 Å². The molecule has 5 nitrogen and oxygen atoms in total. The summed E-state index contributed by atoms with van der Waals surface area (Å²) in [6, 6.07) is 11.5. The lowest BCUT2D eigenvalue weighted by Crippen LogP contribution is -2.19. The minimum atomic E-state index is -0.383. The number of phenols is 1. The molecule has 0 bridgehead atoms. The molecular weight excluding hydrogens is 242 g/mol. The molecule has 2 rings (SSSR count). The molecule has 96 valence electrons. The fraction of sp³-hybridized carbons (Fsp3) is 0.0714. The normalized spacial score (nSPS) is 11.1. The Morgan fingerprint density at radius 1 is 1.26 bits per heavy atom. The maximum atomic E-state index is 11.8. The van der Waals surface area contributed by atoms with Gasteiger partial charge in [0.25, 0.3) is 5.91 Å². The van der Waals surface area contributed by atoms with Gasteiger partial charge in [0.15, 0.2) is 0 Å². The Hall–Kier alpha value is -2.69. The molecule has 19 heavy (non-hydrogen) atoms. The van der Waals surface area contributed by atoms with Gasteiger partial charge in [-0.2, -0.15) is 5.10 Å². The van der Waals surface area contributed by atoms with Crippen LogP contribution in [0.3, 0.4) is 0 Å². The van der Waals surface area contributed by atoms with Crippen molar-refractivity contribution in [1.82, 2.24) is 10.4 Å². The van der Waals surface area contributed by atoms with Crippen molar-refractivity contribution in [2.75, 3.05) is 0 Å². The maximum Gasteiger partial charge on any atom is 0.271 e. The Morgan fingerprint density at radius 3 is 2.79 bits per heavy atom. The van der Waals surface area contributed by atoms with E-state index in [1.807, 2.05) is 12.1 Å². The summed E-state index contributed by atoms with van der Waals surface area (Å²) in [5, 5.41) is 13.3. The highest BCUT2D eigenvalue weighted by Crippen LogP contribution is 2.10. The third-order valence-electron chi connectivity index (χ3n) is 2.47. The van der Waals surface area contributed by atoms with E-state index in [-0.39, 0.29) is 11.7 Å². The van der Waals surface area contributed by atoms with Gasteiger partial charge in [0, 0.05) is 11.8 Å². The number of phenolic OH excluding ortho intramolecular Hbond substituents is 1. The van der Waals surface area contributed by atoms with Crippen molar-refractivity contribution in [3.8, 4) is 5.75 Å². The summed E-state index contributed by atoms with van der Waals surface area (Å²) in [7, 11) is 0. The van der Waals surface area contributed by atoms with Crippen LogP contribution in [0.1, 0.15) is 23.0 Å². The summed E-state index contributed by atoms with van der Waals surface area (Å²) in [6.45, 7) is 1.76. The van der Waals surface area contributed by atoms with Crippen molar-refractivity contribution in [3.05, 3.63) is 59.9 Å². The molecule has 0 saturated carbocycles. The third kappa shape index (κ3) is 3.38. The van der Waals surface area contributed by atoms with E-state index in [4.69, 9.17) is 0 Å². The van der Waals surface area contributed by atoms with Crippen LogP contribution >= 0.6 is 0 Å². The summed E-state index contributed by atoms with van der Waals surface area (Å²) >= 11 is 0. The monoisotopic (exact) mass is 255 g/mol. The molecule has 5 heteroatoms. The first-order valence-corrected chi connectivity index (χ1v) is 5.72. The topological polar surface area (TPSA) is 74.6 Å². The van der Waals surface area contributed by atoms with Crippen LogP contribution in [0.5, 0.6) is 5.75 Å². The minimum absolute atomic E-state index is 0.0399. The SMILES string of the molecule is CC(=NNC(=O)c1cccc(O)c1)c1ccccn1. The number of pyridine rings is 1. The zero-order chi connectivity index (χ0) is 13.7. The molecule has 2 aromatic rings. The molecule has 0 fully saturated rings. The average Bonchev–Trinajstić information content (AvgIpc) is 2.45. The first-order chi connectivity index (χ1) is 9.16. The van der Waals surface area contributed by atoms with Crippen LogP contribution in [-0.4, -0.2) is 21.7 Å². The number of carbonyl (C=O) groups excluding carboxylic acids is 1. The fourth-order valence-corrected chi connectivity index (χ4v) is 1.48. The number of benzene rings is 1. The first kappa shape index (κ1) is 12.8. The Kier molecular flexibility index (Phi) is 3.87. The summed E-state index contributed by atoms with van der Waals surface area (Å²) in [5.74, 6) is -0.343. The third-order valence-corrected chi connectivity index (χ3v) is 2.47. The van der Waals surface area contributed by atoms with Crippen LogP contribution in [0.2, 0.25) is 0 Å². The van der Waals surface area contributed by atoms with Gasteiger partial charge in [-0.3, -0.25) is 9.78 Å². The molecule has 0 aliphatic heterocycles. The van der Waals surface area contributed by atoms with E-state index in [0.717, 1.165) is 0 Å². The summed E-state index contributed by atoms with van der Waals surface area (Å²) in [5.41, 5.74) is 4.07. The molecule has 1 heterocycles. The van der Waals surface area contributed by atoms with Crippen molar-refractivity contribution >= 4 is 11.6 Å². The zero-order valence-corrected chi connectivity index (χ0v) is 10.4. The number of aromatic nitrogens is 1. The molecule has 1 aromatic carbocycles. The molecule has 0 atom stereocenters. The number of carbonyl (C=O) groups is 1. The molecule has 0 unspecified atom stereocenters. The number of aromatic hydroxyl groups is 1. The highest BCUT2D eigenvalue weighted by Gasteiger charge is 2.05. The quantitative estimate of drug-likeness (QED) is 0.650. The number of nitrogens with zero attached hydrogens (tertiary/aromatic N) is 2. The molecular formula is C14H13N3O2. The van der Waals surface area contributed by atoms with E-state index >= 15 is 0 Å². The van der Waals surface area contributed by atoms with Gasteiger partial charge in [0.05, 0.1) is 11.4 Å². The van der Waals surface area contributed by atoms with Crippen LogP contribution in [0.4, 0.5) is 0 Å². The van der Waals surface area contributed by atoms with Gasteiger partial charge >= 0.3 is 0 Å². The predicted octanol–water partition coefficient (Wildman–Crippen LogP) is 1.94. The second-order valence-electron chi connectivity index (χ2n) is 3.90. The number of hydrogen-bond donors (Lipinski definition) is 2. The van der Waals surface area contributed by atoms with Crippen molar-refractivity contribution in [3.63, 3.8) is 0 Å². The summed E-state index contributed by atoms with van der Waals surface area (Å²) in [6.07, 6.45) is 1.66. The predicted molar refractivity (Wildman–Crippen MR) is 72.0 cm³/mol. The van der Waals surface area contributed by atoms with E-state index in [2.05, 4.69) is 15.5 Å². The molecule has 0 saturated heterocycles. The van der Waals surface area contributed by atoms with Crippen LogP contribution in [0, 0.1) is 0 Å². The average molecular weight is 255 g/mol. The maximum absolute atomic E-state index is 11.8. The Balaban J connectivity index is 2.08. The smallest absolute Gasteiger partial charge is 0.271 e. The van der Waals surface area contributed by atoms with Gasteiger partial charge in [-0.1, -0.05) is 12.1 Å². The van der Waals surface area contributed by atoms with Gasteiger partial charge in [-0.15, -0.1) is 0 Å². The lowest BCUT2D eigenvalue weighted by atomic mass is 10.2. The molecule has 1 amide bonds. The standard InChI is InChI=1S/C14H13N3O2/c1-10(13-7-2-3-8-15-13)16-17-14(19)11-5-4-6-12(18)9-11/h2-9,18H,1H3,(H,17,19). The second-order valence-corrected chi connectivity index (χ2v) is 3.90. The number of nitrogens with one attached hydrogen (secondary N) is 1. The van der Waals surface area contributed by atoms with E-state index in [9.17, 15) is 9.90 Å².